The van der Waals surface area contributed by atoms with Gasteiger partial charge in [0, 0.05) is 5.56 Å². The van der Waals surface area contributed by atoms with E-state index in [-0.39, 0.29) is 10.5 Å². The number of para-hydroxylation sites is 1. The Morgan fingerprint density at radius 3 is 2.24 bits per heavy atom. The van der Waals surface area contributed by atoms with Crippen LogP contribution < -0.4 is 19.7 Å². The molecular formula is C21H20N2O5S. The van der Waals surface area contributed by atoms with Crippen LogP contribution in [0.15, 0.2) is 83.8 Å². The van der Waals surface area contributed by atoms with E-state index >= 15 is 0 Å². The van der Waals surface area contributed by atoms with Gasteiger partial charge in [-0.3, -0.25) is 10.2 Å². The summed E-state index contributed by atoms with van der Waals surface area (Å²) in [5.41, 5.74) is 2.45. The molecule has 0 aromatic heterocycles. The minimum Gasteiger partial charge on any atom is -0.494 e. The Morgan fingerprint density at radius 2 is 1.55 bits per heavy atom. The van der Waals surface area contributed by atoms with Gasteiger partial charge in [0.2, 0.25) is 0 Å². The Labute approximate surface area is 169 Å². The maximum absolute atomic E-state index is 12.4. The van der Waals surface area contributed by atoms with Crippen LogP contribution in [0, 0.1) is 0 Å². The van der Waals surface area contributed by atoms with Crippen LogP contribution in [0.4, 0.5) is 0 Å². The van der Waals surface area contributed by atoms with E-state index in [4.69, 9.17) is 9.47 Å². The molecule has 0 radical (unpaired) electrons. The summed E-state index contributed by atoms with van der Waals surface area (Å²) in [5.74, 6) is 1.03. The molecule has 0 bridgehead atoms. The highest BCUT2D eigenvalue weighted by atomic mass is 32.2. The van der Waals surface area contributed by atoms with Crippen LogP contribution >= 0.6 is 0 Å². The topological polar surface area (TPSA) is 93.7 Å². The van der Waals surface area contributed by atoms with Gasteiger partial charge >= 0.3 is 0 Å². The number of hydrogen-bond donors (Lipinski definition) is 2. The molecule has 0 unspecified atom stereocenters. The average Bonchev–Trinajstić information content (AvgIpc) is 2.74. The number of hydrazine groups is 1. The van der Waals surface area contributed by atoms with Crippen molar-refractivity contribution in [3.8, 4) is 17.2 Å². The highest BCUT2D eigenvalue weighted by molar-refractivity contribution is 7.89. The number of rotatable bonds is 8. The minimum absolute atomic E-state index is 0.00224. The van der Waals surface area contributed by atoms with Crippen molar-refractivity contribution in [1.82, 2.24) is 10.3 Å². The van der Waals surface area contributed by atoms with E-state index in [0.29, 0.717) is 23.9 Å². The molecule has 0 saturated heterocycles. The Balaban J connectivity index is 1.64. The van der Waals surface area contributed by atoms with Crippen molar-refractivity contribution in [3.05, 3.63) is 84.4 Å². The normalized spacial score (nSPS) is 10.9. The summed E-state index contributed by atoms with van der Waals surface area (Å²) in [6, 6.07) is 21.4. The zero-order chi connectivity index (χ0) is 20.7. The lowest BCUT2D eigenvalue weighted by atomic mass is 10.2. The first-order chi connectivity index (χ1) is 14.0. The summed E-state index contributed by atoms with van der Waals surface area (Å²) in [5, 5.41) is 0. The smallest absolute Gasteiger partial charge is 0.266 e. The van der Waals surface area contributed by atoms with Crippen LogP contribution in [0.25, 0.3) is 0 Å². The van der Waals surface area contributed by atoms with Gasteiger partial charge in [0.1, 0.15) is 17.2 Å². The fourth-order valence-electron chi connectivity index (χ4n) is 2.45. The summed E-state index contributed by atoms with van der Waals surface area (Å²) in [6.45, 7) is 2.31. The Hall–Kier alpha value is -3.36. The number of benzene rings is 3. The molecule has 29 heavy (non-hydrogen) atoms. The monoisotopic (exact) mass is 412 g/mol. The zero-order valence-electron chi connectivity index (χ0n) is 15.7. The second-order valence-electron chi connectivity index (χ2n) is 5.91. The van der Waals surface area contributed by atoms with E-state index in [1.165, 1.54) is 18.2 Å². The van der Waals surface area contributed by atoms with Gasteiger partial charge in [-0.15, -0.1) is 4.83 Å². The molecule has 0 spiro atoms. The summed E-state index contributed by atoms with van der Waals surface area (Å²) in [7, 11) is -3.92. The number of carbonyl (C=O) groups excluding carboxylic acids is 1. The predicted molar refractivity (Wildman–Crippen MR) is 108 cm³/mol. The number of hydrogen-bond acceptors (Lipinski definition) is 5. The van der Waals surface area contributed by atoms with Gasteiger partial charge in [-0.1, -0.05) is 24.3 Å². The molecule has 0 fully saturated rings. The van der Waals surface area contributed by atoms with Gasteiger partial charge in [-0.05, 0) is 61.5 Å². The number of carbonyl (C=O) groups is 1. The van der Waals surface area contributed by atoms with E-state index in [2.05, 4.69) is 10.3 Å². The Morgan fingerprint density at radius 1 is 0.862 bits per heavy atom. The lowest BCUT2D eigenvalue weighted by molar-refractivity contribution is 0.0945. The molecule has 0 aliphatic heterocycles. The molecule has 2 N–H and O–H groups in total. The van der Waals surface area contributed by atoms with Crippen LogP contribution in [0.1, 0.15) is 17.3 Å². The van der Waals surface area contributed by atoms with Crippen LogP contribution in [0.3, 0.4) is 0 Å². The largest absolute Gasteiger partial charge is 0.494 e. The quantitative estimate of drug-likeness (QED) is 0.553. The van der Waals surface area contributed by atoms with Crippen LogP contribution in [-0.4, -0.2) is 20.9 Å². The lowest BCUT2D eigenvalue weighted by Gasteiger charge is -2.10. The maximum atomic E-state index is 12.4. The molecule has 3 aromatic rings. The lowest BCUT2D eigenvalue weighted by Crippen LogP contribution is -2.41. The van der Waals surface area contributed by atoms with E-state index in [1.807, 2.05) is 25.1 Å². The third-order valence-corrected chi connectivity index (χ3v) is 5.08. The van der Waals surface area contributed by atoms with Crippen molar-refractivity contribution in [1.29, 1.82) is 0 Å². The first kappa shape index (κ1) is 20.4. The first-order valence-corrected chi connectivity index (χ1v) is 10.3. The summed E-state index contributed by atoms with van der Waals surface area (Å²) >= 11 is 0. The molecule has 0 aliphatic carbocycles. The third kappa shape index (κ3) is 5.56. The highest BCUT2D eigenvalue weighted by Crippen LogP contribution is 2.22. The van der Waals surface area contributed by atoms with Crippen molar-refractivity contribution < 1.29 is 22.7 Å². The van der Waals surface area contributed by atoms with Gasteiger partial charge in [0.05, 0.1) is 11.5 Å². The maximum Gasteiger partial charge on any atom is 0.266 e. The second-order valence-corrected chi connectivity index (χ2v) is 7.59. The van der Waals surface area contributed by atoms with Crippen LogP contribution in [0.5, 0.6) is 17.2 Å². The predicted octanol–water partition coefficient (Wildman–Crippen LogP) is 3.50. The molecule has 1 amide bonds. The second kappa shape index (κ2) is 9.22. The number of sulfonamides is 1. The van der Waals surface area contributed by atoms with Crippen LogP contribution in [0.2, 0.25) is 0 Å². The number of ether oxygens (including phenoxy) is 2. The molecular weight excluding hydrogens is 392 g/mol. The van der Waals surface area contributed by atoms with Gasteiger partial charge in [-0.2, -0.15) is 0 Å². The SMILES string of the molecule is CCOc1ccc(S(=O)(=O)NNC(=O)c2cccc(Oc3ccccc3)c2)cc1. The Kier molecular flexibility index (Phi) is 6.48. The molecule has 3 rings (SSSR count). The molecule has 7 nitrogen and oxygen atoms in total. The number of nitrogens with one attached hydrogen (secondary N) is 2. The van der Waals surface area contributed by atoms with E-state index in [0.717, 1.165) is 0 Å². The first-order valence-electron chi connectivity index (χ1n) is 8.86. The van der Waals surface area contributed by atoms with Gasteiger partial charge < -0.3 is 9.47 Å². The summed E-state index contributed by atoms with van der Waals surface area (Å²) in [6.07, 6.45) is 0. The van der Waals surface area contributed by atoms with Crippen molar-refractivity contribution in [3.63, 3.8) is 0 Å². The molecule has 0 saturated carbocycles. The molecule has 3 aromatic carbocycles. The average molecular weight is 412 g/mol. The Bertz CT molecular complexity index is 1070. The highest BCUT2D eigenvalue weighted by Gasteiger charge is 2.16. The van der Waals surface area contributed by atoms with E-state index in [9.17, 15) is 13.2 Å². The molecule has 0 aliphatic rings. The molecule has 150 valence electrons. The molecule has 0 heterocycles. The van der Waals surface area contributed by atoms with Crippen molar-refractivity contribution in [2.24, 2.45) is 0 Å². The van der Waals surface area contributed by atoms with Crippen molar-refractivity contribution in [2.75, 3.05) is 6.61 Å². The molecule has 0 atom stereocenters. The minimum atomic E-state index is -3.92. The van der Waals surface area contributed by atoms with Gasteiger partial charge in [0.15, 0.2) is 0 Å². The van der Waals surface area contributed by atoms with Gasteiger partial charge in [0.25, 0.3) is 15.9 Å². The fourth-order valence-corrected chi connectivity index (χ4v) is 3.29. The number of amides is 1. The van der Waals surface area contributed by atoms with Gasteiger partial charge in [-0.25, -0.2) is 8.42 Å². The summed E-state index contributed by atoms with van der Waals surface area (Å²) in [4.78, 5) is 14.4. The zero-order valence-corrected chi connectivity index (χ0v) is 16.5. The fraction of sp³-hybridized carbons (Fsp3) is 0.0952. The van der Waals surface area contributed by atoms with Crippen molar-refractivity contribution >= 4 is 15.9 Å². The van der Waals surface area contributed by atoms with E-state index < -0.39 is 15.9 Å². The third-order valence-electron chi connectivity index (χ3n) is 3.82. The standard InChI is InChI=1S/C21H20N2O5S/c1-2-27-17-11-13-20(14-12-17)29(25,26)23-22-21(24)16-7-6-10-19(15-16)28-18-8-4-3-5-9-18/h3-15,23H,2H2,1H3,(H,22,24). The summed E-state index contributed by atoms with van der Waals surface area (Å²) < 4.78 is 35.7. The van der Waals surface area contributed by atoms with Crippen LogP contribution in [-0.2, 0) is 10.0 Å². The molecule has 8 heteroatoms. The van der Waals surface area contributed by atoms with E-state index in [1.54, 1.807) is 42.5 Å². The van der Waals surface area contributed by atoms with Crippen molar-refractivity contribution in [2.45, 2.75) is 11.8 Å².